The van der Waals surface area contributed by atoms with Crippen LogP contribution >= 0.6 is 0 Å². The first-order valence-corrected chi connectivity index (χ1v) is 9.05. The molecule has 0 amide bonds. The average Bonchev–Trinajstić information content (AvgIpc) is 3.25. The molecule has 4 rings (SSSR count). The molecule has 4 aromatic rings. The molecule has 0 spiro atoms. The standard InChI is InChI=1S/C21H14F4N6.Pt/c1-20(2,15-6-3-5-14(28-15)13-11-26-19(22)27-12-13)16-7-4-8-18(29-16)31-10-9-17(30-31)21(23,24)25;/h3-9,11H,1-2H3;/q-2;+2. The zero-order valence-corrected chi connectivity index (χ0v) is 18.9. The minimum atomic E-state index is -4.57. The van der Waals surface area contributed by atoms with Crippen LogP contribution in [0.2, 0.25) is 0 Å². The summed E-state index contributed by atoms with van der Waals surface area (Å²) in [5.41, 5.74) is 0.348. The summed E-state index contributed by atoms with van der Waals surface area (Å²) in [6, 6.07) is 11.0. The number of aromatic nitrogens is 6. The van der Waals surface area contributed by atoms with E-state index in [9.17, 15) is 17.6 Å². The molecule has 0 aromatic carbocycles. The first-order valence-electron chi connectivity index (χ1n) is 9.05. The Labute approximate surface area is 195 Å². The molecule has 32 heavy (non-hydrogen) atoms. The van der Waals surface area contributed by atoms with Gasteiger partial charge in [-0.25, -0.2) is 4.39 Å². The van der Waals surface area contributed by atoms with E-state index in [2.05, 4.69) is 37.4 Å². The maximum absolute atomic E-state index is 13.0. The molecule has 166 valence electrons. The summed E-state index contributed by atoms with van der Waals surface area (Å²) in [5.74, 6) is 0.192. The van der Waals surface area contributed by atoms with E-state index in [0.717, 1.165) is 10.7 Å². The summed E-state index contributed by atoms with van der Waals surface area (Å²) < 4.78 is 52.5. The molecule has 0 bridgehead atoms. The third-order valence-corrected chi connectivity index (χ3v) is 4.65. The molecular weight excluding hydrogens is 607 g/mol. The normalized spacial score (nSPS) is 11.8. The van der Waals surface area contributed by atoms with Crippen molar-refractivity contribution < 1.29 is 38.6 Å². The van der Waals surface area contributed by atoms with Crippen LogP contribution in [0.3, 0.4) is 0 Å². The molecule has 0 aliphatic rings. The van der Waals surface area contributed by atoms with Crippen molar-refractivity contribution >= 4 is 0 Å². The average molecular weight is 621 g/mol. The van der Waals surface area contributed by atoms with Gasteiger partial charge in [0.05, 0.1) is 11.5 Å². The maximum atomic E-state index is 13.0. The Morgan fingerprint density at radius 3 is 2.25 bits per heavy atom. The van der Waals surface area contributed by atoms with Crippen molar-refractivity contribution in [2.75, 3.05) is 0 Å². The number of hydrogen-bond donors (Lipinski definition) is 0. The zero-order chi connectivity index (χ0) is 22.2. The van der Waals surface area contributed by atoms with E-state index in [1.807, 2.05) is 13.8 Å². The molecule has 0 saturated carbocycles. The van der Waals surface area contributed by atoms with Gasteiger partial charge < -0.3 is 19.6 Å². The molecule has 6 nitrogen and oxygen atoms in total. The molecule has 4 aromatic heterocycles. The molecule has 0 radical (unpaired) electrons. The number of hydrogen-bond acceptors (Lipinski definition) is 5. The molecule has 4 heterocycles. The van der Waals surface area contributed by atoms with E-state index in [1.165, 1.54) is 12.3 Å². The van der Waals surface area contributed by atoms with E-state index in [-0.39, 0.29) is 26.9 Å². The van der Waals surface area contributed by atoms with Gasteiger partial charge >= 0.3 is 27.2 Å². The van der Waals surface area contributed by atoms with Gasteiger partial charge in [0.25, 0.3) is 0 Å². The van der Waals surface area contributed by atoms with Crippen LogP contribution in [0.15, 0.2) is 48.7 Å². The van der Waals surface area contributed by atoms with Gasteiger partial charge in [-0.15, -0.1) is 6.07 Å². The van der Waals surface area contributed by atoms with Gasteiger partial charge in [0.1, 0.15) is 0 Å². The van der Waals surface area contributed by atoms with Crippen molar-refractivity contribution in [1.82, 2.24) is 29.7 Å². The molecule has 0 atom stereocenters. The zero-order valence-electron chi connectivity index (χ0n) is 16.6. The monoisotopic (exact) mass is 621 g/mol. The minimum Gasteiger partial charge on any atom is -0.343 e. The number of alkyl halides is 3. The fraction of sp³-hybridized carbons (Fsp3) is 0.190. The van der Waals surface area contributed by atoms with Crippen molar-refractivity contribution in [1.29, 1.82) is 0 Å². The van der Waals surface area contributed by atoms with Crippen LogP contribution in [0.5, 0.6) is 0 Å². The maximum Gasteiger partial charge on any atom is 2.00 e. The van der Waals surface area contributed by atoms with Crippen LogP contribution in [0.1, 0.15) is 30.9 Å². The molecule has 11 heteroatoms. The second kappa shape index (κ2) is 8.86. The Balaban J connectivity index is 0.00000289. The second-order valence-electron chi connectivity index (χ2n) is 7.15. The number of halogens is 4. The third kappa shape index (κ3) is 4.75. The van der Waals surface area contributed by atoms with Crippen LogP contribution in [-0.4, -0.2) is 29.7 Å². The van der Waals surface area contributed by atoms with Gasteiger partial charge in [-0.3, -0.25) is 10.1 Å². The molecule has 0 aliphatic carbocycles. The van der Waals surface area contributed by atoms with Crippen molar-refractivity contribution in [3.05, 3.63) is 84.2 Å². The molecule has 0 saturated heterocycles. The quantitative estimate of drug-likeness (QED) is 0.194. The predicted molar refractivity (Wildman–Crippen MR) is 101 cm³/mol. The Hall–Kier alpha value is -3.00. The Kier molecular flexibility index (Phi) is 6.55. The van der Waals surface area contributed by atoms with Crippen molar-refractivity contribution in [3.63, 3.8) is 0 Å². The third-order valence-electron chi connectivity index (χ3n) is 4.65. The number of nitrogens with zero attached hydrogens (tertiary/aromatic N) is 6. The smallest absolute Gasteiger partial charge is 0.343 e. The summed E-state index contributed by atoms with van der Waals surface area (Å²) in [6.07, 6.45) is 0.819. The van der Waals surface area contributed by atoms with Crippen LogP contribution in [-0.2, 0) is 32.7 Å². The number of pyridine rings is 2. The van der Waals surface area contributed by atoms with Crippen LogP contribution in [0.25, 0.3) is 17.1 Å². The van der Waals surface area contributed by atoms with Gasteiger partial charge in [0.15, 0.2) is 0 Å². The first-order chi connectivity index (χ1) is 14.6. The van der Waals surface area contributed by atoms with E-state index < -0.39 is 23.4 Å². The van der Waals surface area contributed by atoms with E-state index >= 15 is 0 Å². The fourth-order valence-electron chi connectivity index (χ4n) is 2.90. The Bertz CT molecular complexity index is 1220. The summed E-state index contributed by atoms with van der Waals surface area (Å²) >= 11 is 0. The summed E-state index contributed by atoms with van der Waals surface area (Å²) in [5, 5.41) is 3.52. The van der Waals surface area contributed by atoms with Crippen molar-refractivity contribution in [2.24, 2.45) is 0 Å². The summed E-state index contributed by atoms with van der Waals surface area (Å²) in [4.78, 5) is 16.0. The van der Waals surface area contributed by atoms with Crippen molar-refractivity contribution in [3.8, 4) is 17.1 Å². The molecular formula is C21H14F4N6Pt. The van der Waals surface area contributed by atoms with E-state index in [0.29, 0.717) is 22.6 Å². The van der Waals surface area contributed by atoms with Crippen LogP contribution in [0, 0.1) is 18.5 Å². The van der Waals surface area contributed by atoms with Gasteiger partial charge in [-0.05, 0) is 37.9 Å². The topological polar surface area (TPSA) is 69.4 Å². The first kappa shape index (κ1) is 23.7. The summed E-state index contributed by atoms with van der Waals surface area (Å²) in [7, 11) is 0. The fourth-order valence-corrected chi connectivity index (χ4v) is 2.90. The van der Waals surface area contributed by atoms with Gasteiger partial charge in [0.2, 0.25) is 6.08 Å². The minimum absolute atomic E-state index is 0. The van der Waals surface area contributed by atoms with Gasteiger partial charge in [0, 0.05) is 16.8 Å². The molecule has 0 unspecified atom stereocenters. The van der Waals surface area contributed by atoms with E-state index in [4.69, 9.17) is 0 Å². The summed E-state index contributed by atoms with van der Waals surface area (Å²) in [6.45, 7) is 3.76. The number of rotatable bonds is 4. The Morgan fingerprint density at radius 2 is 1.62 bits per heavy atom. The largest absolute Gasteiger partial charge is 2.00 e. The van der Waals surface area contributed by atoms with Crippen LogP contribution in [0.4, 0.5) is 17.6 Å². The second-order valence-corrected chi connectivity index (χ2v) is 7.15. The van der Waals surface area contributed by atoms with Gasteiger partial charge in [-0.1, -0.05) is 42.2 Å². The molecule has 0 fully saturated rings. The van der Waals surface area contributed by atoms with Crippen molar-refractivity contribution in [2.45, 2.75) is 25.4 Å². The van der Waals surface area contributed by atoms with Crippen LogP contribution < -0.4 is 0 Å². The predicted octanol–water partition coefficient (Wildman–Crippen LogP) is 4.20. The van der Waals surface area contributed by atoms with Gasteiger partial charge in [-0.2, -0.15) is 13.2 Å². The molecule has 0 N–H and O–H groups in total. The van der Waals surface area contributed by atoms with E-state index in [1.54, 1.807) is 30.3 Å². The molecule has 0 aliphatic heterocycles. The Morgan fingerprint density at radius 1 is 0.938 bits per heavy atom. The SMILES string of the molecule is CC(C)(c1cccc(-c2[c-]nc(F)nc2)n1)c1cccc(-n2[c-]cc(C(F)(F)F)n2)n1.[Pt+2].